The van der Waals surface area contributed by atoms with E-state index in [1.54, 1.807) is 24.4 Å². The molecule has 0 spiro atoms. The largest absolute Gasteiger partial charge is 0.507 e. The first-order valence-corrected chi connectivity index (χ1v) is 4.72. The monoisotopic (exact) mass is 206 g/mol. The summed E-state index contributed by atoms with van der Waals surface area (Å²) in [5, 5.41) is 12.0. The number of nitrogens with one attached hydrogen (secondary N) is 1. The van der Waals surface area contributed by atoms with Crippen LogP contribution in [0.2, 0.25) is 0 Å². The number of phenolic OH excluding ortho intramolecular Hbond substituents is 1. The van der Waals surface area contributed by atoms with E-state index in [1.165, 1.54) is 6.92 Å². The molecule has 0 aliphatic rings. The van der Waals surface area contributed by atoms with E-state index in [9.17, 15) is 9.90 Å². The highest BCUT2D eigenvalue weighted by atomic mass is 16.3. The zero-order valence-corrected chi connectivity index (χ0v) is 8.60. The summed E-state index contributed by atoms with van der Waals surface area (Å²) in [6.45, 7) is 2.49. The first-order valence-electron chi connectivity index (χ1n) is 4.72. The van der Waals surface area contributed by atoms with E-state index in [0.29, 0.717) is 18.7 Å². The van der Waals surface area contributed by atoms with Crippen molar-refractivity contribution >= 4 is 12.1 Å². The predicted octanol–water partition coefficient (Wildman–Crippen LogP) is 0.947. The fourth-order valence-corrected chi connectivity index (χ4v) is 1.06. The Morgan fingerprint density at radius 1 is 1.53 bits per heavy atom. The molecule has 15 heavy (non-hydrogen) atoms. The van der Waals surface area contributed by atoms with Gasteiger partial charge >= 0.3 is 0 Å². The Morgan fingerprint density at radius 3 is 2.93 bits per heavy atom. The zero-order valence-electron chi connectivity index (χ0n) is 8.60. The van der Waals surface area contributed by atoms with Crippen LogP contribution in [0.1, 0.15) is 12.5 Å². The summed E-state index contributed by atoms with van der Waals surface area (Å²) < 4.78 is 0. The van der Waals surface area contributed by atoms with Crippen LogP contribution in [0.25, 0.3) is 0 Å². The fraction of sp³-hybridized carbons (Fsp3) is 0.273. The van der Waals surface area contributed by atoms with Crippen LogP contribution in [-0.4, -0.2) is 30.3 Å². The van der Waals surface area contributed by atoms with Crippen molar-refractivity contribution in [1.82, 2.24) is 5.32 Å². The van der Waals surface area contributed by atoms with Crippen molar-refractivity contribution in [2.75, 3.05) is 13.1 Å². The van der Waals surface area contributed by atoms with Crippen LogP contribution in [0.15, 0.2) is 29.3 Å². The molecule has 1 aromatic carbocycles. The van der Waals surface area contributed by atoms with Gasteiger partial charge in [-0.15, -0.1) is 0 Å². The summed E-state index contributed by atoms with van der Waals surface area (Å²) in [6.07, 6.45) is 1.59. The van der Waals surface area contributed by atoms with E-state index in [-0.39, 0.29) is 11.7 Å². The summed E-state index contributed by atoms with van der Waals surface area (Å²) in [5.74, 6) is 0.147. The Hall–Kier alpha value is -1.84. The summed E-state index contributed by atoms with van der Waals surface area (Å²) in [6, 6.07) is 6.96. The molecule has 80 valence electrons. The minimum absolute atomic E-state index is 0.0623. The zero-order chi connectivity index (χ0) is 11.1. The van der Waals surface area contributed by atoms with Gasteiger partial charge in [0.25, 0.3) is 0 Å². The third-order valence-corrected chi connectivity index (χ3v) is 1.78. The van der Waals surface area contributed by atoms with Crippen LogP contribution >= 0.6 is 0 Å². The second kappa shape index (κ2) is 5.80. The molecule has 2 N–H and O–H groups in total. The van der Waals surface area contributed by atoms with Crippen LogP contribution in [0, 0.1) is 0 Å². The van der Waals surface area contributed by atoms with Crippen molar-refractivity contribution in [3.63, 3.8) is 0 Å². The van der Waals surface area contributed by atoms with Crippen molar-refractivity contribution in [2.45, 2.75) is 6.92 Å². The average Bonchev–Trinajstić information content (AvgIpc) is 2.20. The first kappa shape index (κ1) is 11.2. The van der Waals surface area contributed by atoms with Gasteiger partial charge in [-0.3, -0.25) is 9.79 Å². The number of aliphatic imine (C=N–C) groups is 1. The smallest absolute Gasteiger partial charge is 0.216 e. The maximum atomic E-state index is 10.5. The van der Waals surface area contributed by atoms with Gasteiger partial charge in [0.05, 0.1) is 6.54 Å². The SMILES string of the molecule is CC(=O)NCCN=Cc1ccccc1O. The van der Waals surface area contributed by atoms with Gasteiger partial charge in [0.1, 0.15) is 5.75 Å². The lowest BCUT2D eigenvalue weighted by Gasteiger charge is -1.98. The number of amides is 1. The van der Waals surface area contributed by atoms with E-state index in [4.69, 9.17) is 0 Å². The number of para-hydroxylation sites is 1. The number of phenols is 1. The van der Waals surface area contributed by atoms with Gasteiger partial charge in [0.15, 0.2) is 0 Å². The summed E-state index contributed by atoms with van der Waals surface area (Å²) >= 11 is 0. The molecule has 0 bridgehead atoms. The molecular formula is C11H14N2O2. The molecule has 0 aliphatic heterocycles. The van der Waals surface area contributed by atoms with E-state index in [0.717, 1.165) is 0 Å². The topological polar surface area (TPSA) is 61.7 Å². The van der Waals surface area contributed by atoms with E-state index in [1.807, 2.05) is 6.07 Å². The molecule has 4 heteroatoms. The molecule has 0 radical (unpaired) electrons. The normalized spacial score (nSPS) is 10.5. The Labute approximate surface area is 88.7 Å². The molecule has 0 heterocycles. The second-order valence-corrected chi connectivity index (χ2v) is 3.08. The number of hydrogen-bond acceptors (Lipinski definition) is 3. The lowest BCUT2D eigenvalue weighted by atomic mass is 10.2. The van der Waals surface area contributed by atoms with Crippen molar-refractivity contribution < 1.29 is 9.90 Å². The maximum absolute atomic E-state index is 10.5. The quantitative estimate of drug-likeness (QED) is 0.569. The Balaban J connectivity index is 2.38. The van der Waals surface area contributed by atoms with E-state index < -0.39 is 0 Å². The number of benzene rings is 1. The molecule has 4 nitrogen and oxygen atoms in total. The third kappa shape index (κ3) is 4.26. The fourth-order valence-electron chi connectivity index (χ4n) is 1.06. The lowest BCUT2D eigenvalue weighted by Crippen LogP contribution is -2.22. The predicted molar refractivity (Wildman–Crippen MR) is 59.3 cm³/mol. The first-order chi connectivity index (χ1) is 7.20. The van der Waals surface area contributed by atoms with Gasteiger partial charge in [0, 0.05) is 25.2 Å². The lowest BCUT2D eigenvalue weighted by molar-refractivity contribution is -0.118. The number of carbonyl (C=O) groups is 1. The minimum Gasteiger partial charge on any atom is -0.507 e. The molecule has 0 saturated heterocycles. The molecule has 0 atom stereocenters. The molecule has 1 rings (SSSR count). The van der Waals surface area contributed by atoms with Gasteiger partial charge in [-0.1, -0.05) is 12.1 Å². The number of rotatable bonds is 4. The molecule has 0 saturated carbocycles. The third-order valence-electron chi connectivity index (χ3n) is 1.78. The molecule has 0 aromatic heterocycles. The molecule has 0 fully saturated rings. The van der Waals surface area contributed by atoms with Crippen LogP contribution in [0.5, 0.6) is 5.75 Å². The molecule has 0 aliphatic carbocycles. The molecular weight excluding hydrogens is 192 g/mol. The van der Waals surface area contributed by atoms with Gasteiger partial charge in [-0.25, -0.2) is 0 Å². The molecule has 0 unspecified atom stereocenters. The maximum Gasteiger partial charge on any atom is 0.216 e. The highest BCUT2D eigenvalue weighted by Crippen LogP contribution is 2.12. The summed E-state index contributed by atoms with van der Waals surface area (Å²) in [7, 11) is 0. The van der Waals surface area contributed by atoms with E-state index >= 15 is 0 Å². The second-order valence-electron chi connectivity index (χ2n) is 3.08. The highest BCUT2D eigenvalue weighted by molar-refractivity contribution is 5.83. The van der Waals surface area contributed by atoms with Crippen molar-refractivity contribution in [1.29, 1.82) is 0 Å². The van der Waals surface area contributed by atoms with Crippen molar-refractivity contribution in [3.05, 3.63) is 29.8 Å². The van der Waals surface area contributed by atoms with Crippen LogP contribution in [0.3, 0.4) is 0 Å². The van der Waals surface area contributed by atoms with Crippen LogP contribution < -0.4 is 5.32 Å². The van der Waals surface area contributed by atoms with Crippen molar-refractivity contribution in [3.8, 4) is 5.75 Å². The average molecular weight is 206 g/mol. The number of nitrogens with zero attached hydrogens (tertiary/aromatic N) is 1. The molecule has 1 aromatic rings. The van der Waals surface area contributed by atoms with Crippen molar-refractivity contribution in [2.24, 2.45) is 4.99 Å². The van der Waals surface area contributed by atoms with Crippen LogP contribution in [-0.2, 0) is 4.79 Å². The van der Waals surface area contributed by atoms with Gasteiger partial charge < -0.3 is 10.4 Å². The molecule has 1 amide bonds. The Bertz CT molecular complexity index is 361. The Morgan fingerprint density at radius 2 is 2.27 bits per heavy atom. The van der Waals surface area contributed by atoms with Gasteiger partial charge in [-0.05, 0) is 12.1 Å². The number of carbonyl (C=O) groups excluding carboxylic acids is 1. The van der Waals surface area contributed by atoms with E-state index in [2.05, 4.69) is 10.3 Å². The van der Waals surface area contributed by atoms with Gasteiger partial charge in [-0.2, -0.15) is 0 Å². The standard InChI is InChI=1S/C11H14N2O2/c1-9(14)13-7-6-12-8-10-4-2-3-5-11(10)15/h2-5,8,15H,6-7H2,1H3,(H,13,14). The Kier molecular flexibility index (Phi) is 4.34. The number of aromatic hydroxyl groups is 1. The number of hydrogen-bond donors (Lipinski definition) is 2. The summed E-state index contributed by atoms with van der Waals surface area (Å²) in [5.41, 5.74) is 0.681. The van der Waals surface area contributed by atoms with Crippen LogP contribution in [0.4, 0.5) is 0 Å². The van der Waals surface area contributed by atoms with Gasteiger partial charge in [0.2, 0.25) is 5.91 Å². The summed E-state index contributed by atoms with van der Waals surface area (Å²) in [4.78, 5) is 14.6. The highest BCUT2D eigenvalue weighted by Gasteiger charge is 1.94. The minimum atomic E-state index is -0.0623.